The standard InChI is InChI=1S/C20H19N3O/c1-14-5-3-4-6-19(14)23-20(24)22-18-9-7-16(8-10-18)17-11-12-21-15(2)13-17/h3-13H,1-2H3,(H2,22,23,24). The molecule has 0 spiro atoms. The van der Waals surface area contributed by atoms with Crippen LogP contribution in [-0.2, 0) is 0 Å². The lowest BCUT2D eigenvalue weighted by Crippen LogP contribution is -2.19. The fourth-order valence-corrected chi connectivity index (χ4v) is 2.47. The van der Waals surface area contributed by atoms with Gasteiger partial charge >= 0.3 is 6.03 Å². The predicted octanol–water partition coefficient (Wildman–Crippen LogP) is 5.01. The molecule has 3 rings (SSSR count). The summed E-state index contributed by atoms with van der Waals surface area (Å²) in [4.78, 5) is 16.3. The highest BCUT2D eigenvalue weighted by atomic mass is 16.2. The second kappa shape index (κ2) is 6.96. The third kappa shape index (κ3) is 3.79. The molecule has 0 aliphatic rings. The topological polar surface area (TPSA) is 54.0 Å². The summed E-state index contributed by atoms with van der Waals surface area (Å²) >= 11 is 0. The van der Waals surface area contributed by atoms with Crippen LogP contribution in [0, 0.1) is 13.8 Å². The number of anilines is 2. The van der Waals surface area contributed by atoms with Gasteiger partial charge in [-0.2, -0.15) is 0 Å². The largest absolute Gasteiger partial charge is 0.323 e. The first-order valence-corrected chi connectivity index (χ1v) is 7.78. The van der Waals surface area contributed by atoms with Gasteiger partial charge in [0.05, 0.1) is 0 Å². The van der Waals surface area contributed by atoms with Crippen LogP contribution < -0.4 is 10.6 Å². The van der Waals surface area contributed by atoms with E-state index in [1.54, 1.807) is 6.20 Å². The highest BCUT2D eigenvalue weighted by molar-refractivity contribution is 6.00. The van der Waals surface area contributed by atoms with E-state index >= 15 is 0 Å². The molecule has 0 atom stereocenters. The average Bonchev–Trinajstić information content (AvgIpc) is 2.58. The molecule has 2 N–H and O–H groups in total. The number of aryl methyl sites for hydroxylation is 2. The number of carbonyl (C=O) groups excluding carboxylic acids is 1. The number of amides is 2. The Labute approximate surface area is 141 Å². The lowest BCUT2D eigenvalue weighted by Gasteiger charge is -2.10. The summed E-state index contributed by atoms with van der Waals surface area (Å²) < 4.78 is 0. The molecular formula is C20H19N3O. The molecule has 0 aliphatic carbocycles. The maximum atomic E-state index is 12.1. The lowest BCUT2D eigenvalue weighted by atomic mass is 10.1. The second-order valence-electron chi connectivity index (χ2n) is 5.66. The van der Waals surface area contributed by atoms with Gasteiger partial charge in [0, 0.05) is 23.3 Å². The fourth-order valence-electron chi connectivity index (χ4n) is 2.47. The minimum Gasteiger partial charge on any atom is -0.308 e. The third-order valence-electron chi connectivity index (χ3n) is 3.77. The maximum absolute atomic E-state index is 12.1. The van der Waals surface area contributed by atoms with Gasteiger partial charge in [-0.15, -0.1) is 0 Å². The van der Waals surface area contributed by atoms with Crippen molar-refractivity contribution in [2.24, 2.45) is 0 Å². The molecule has 0 fully saturated rings. The third-order valence-corrected chi connectivity index (χ3v) is 3.77. The monoisotopic (exact) mass is 317 g/mol. The van der Waals surface area contributed by atoms with Crippen LogP contribution >= 0.6 is 0 Å². The fraction of sp³-hybridized carbons (Fsp3) is 0.100. The van der Waals surface area contributed by atoms with Crippen molar-refractivity contribution in [3.63, 3.8) is 0 Å². The smallest absolute Gasteiger partial charge is 0.308 e. The van der Waals surface area contributed by atoms with Gasteiger partial charge in [0.1, 0.15) is 0 Å². The molecule has 1 aromatic heterocycles. The zero-order valence-corrected chi connectivity index (χ0v) is 13.7. The van der Waals surface area contributed by atoms with E-state index in [2.05, 4.69) is 15.6 Å². The highest BCUT2D eigenvalue weighted by Gasteiger charge is 2.05. The minimum atomic E-state index is -0.253. The van der Waals surface area contributed by atoms with Gasteiger partial charge in [-0.1, -0.05) is 30.3 Å². The van der Waals surface area contributed by atoms with E-state index in [1.807, 2.05) is 74.5 Å². The van der Waals surface area contributed by atoms with Crippen molar-refractivity contribution in [1.82, 2.24) is 4.98 Å². The molecule has 4 nitrogen and oxygen atoms in total. The molecule has 0 saturated heterocycles. The Bertz CT molecular complexity index is 857. The number of para-hydroxylation sites is 1. The van der Waals surface area contributed by atoms with E-state index in [1.165, 1.54) is 0 Å². The van der Waals surface area contributed by atoms with Crippen molar-refractivity contribution < 1.29 is 4.79 Å². The van der Waals surface area contributed by atoms with Crippen molar-refractivity contribution >= 4 is 17.4 Å². The Kier molecular flexibility index (Phi) is 4.57. The van der Waals surface area contributed by atoms with Gasteiger partial charge in [0.2, 0.25) is 0 Å². The summed E-state index contributed by atoms with van der Waals surface area (Å²) in [5, 5.41) is 5.70. The van der Waals surface area contributed by atoms with Crippen LogP contribution in [0.1, 0.15) is 11.3 Å². The summed E-state index contributed by atoms with van der Waals surface area (Å²) in [5.74, 6) is 0. The number of nitrogens with zero attached hydrogens (tertiary/aromatic N) is 1. The summed E-state index contributed by atoms with van der Waals surface area (Å²) in [6.45, 7) is 3.93. The molecule has 3 aromatic rings. The van der Waals surface area contributed by atoms with E-state index in [4.69, 9.17) is 0 Å². The molecule has 0 bridgehead atoms. The Morgan fingerprint density at radius 2 is 1.62 bits per heavy atom. The van der Waals surface area contributed by atoms with Crippen LogP contribution in [0.2, 0.25) is 0 Å². The van der Waals surface area contributed by atoms with E-state index in [0.717, 1.165) is 33.8 Å². The number of urea groups is 1. The van der Waals surface area contributed by atoms with Crippen molar-refractivity contribution in [2.75, 3.05) is 10.6 Å². The van der Waals surface area contributed by atoms with Crippen molar-refractivity contribution in [2.45, 2.75) is 13.8 Å². The molecule has 120 valence electrons. The number of benzene rings is 2. The van der Waals surface area contributed by atoms with Gasteiger partial charge in [-0.25, -0.2) is 4.79 Å². The number of hydrogen-bond acceptors (Lipinski definition) is 2. The van der Waals surface area contributed by atoms with Crippen LogP contribution in [0.5, 0.6) is 0 Å². The van der Waals surface area contributed by atoms with Crippen LogP contribution in [0.3, 0.4) is 0 Å². The van der Waals surface area contributed by atoms with Crippen molar-refractivity contribution in [3.05, 3.63) is 78.1 Å². The minimum absolute atomic E-state index is 0.253. The summed E-state index contributed by atoms with van der Waals surface area (Å²) in [6.07, 6.45) is 1.80. The highest BCUT2D eigenvalue weighted by Crippen LogP contribution is 2.22. The molecule has 2 aromatic carbocycles. The van der Waals surface area contributed by atoms with Gasteiger partial charge in [-0.3, -0.25) is 4.98 Å². The zero-order chi connectivity index (χ0) is 16.9. The van der Waals surface area contributed by atoms with Gasteiger partial charge in [0.15, 0.2) is 0 Å². The molecule has 2 amide bonds. The first-order valence-electron chi connectivity index (χ1n) is 7.78. The van der Waals surface area contributed by atoms with E-state index in [9.17, 15) is 4.79 Å². The molecule has 0 unspecified atom stereocenters. The SMILES string of the molecule is Cc1cc(-c2ccc(NC(=O)Nc3ccccc3C)cc2)ccn1. The molecule has 0 saturated carbocycles. The Hall–Kier alpha value is -3.14. The van der Waals surface area contributed by atoms with Gasteiger partial charge in [-0.05, 0) is 60.9 Å². The van der Waals surface area contributed by atoms with E-state index in [0.29, 0.717) is 0 Å². The maximum Gasteiger partial charge on any atom is 0.323 e. The normalized spacial score (nSPS) is 10.2. The zero-order valence-electron chi connectivity index (χ0n) is 13.7. The van der Waals surface area contributed by atoms with Crippen molar-refractivity contribution in [1.29, 1.82) is 0 Å². The first kappa shape index (κ1) is 15.7. The molecule has 24 heavy (non-hydrogen) atoms. The average molecular weight is 317 g/mol. The molecule has 0 aliphatic heterocycles. The number of nitrogens with one attached hydrogen (secondary N) is 2. The predicted molar refractivity (Wildman–Crippen MR) is 98.2 cm³/mol. The molecule has 0 radical (unpaired) electrons. The van der Waals surface area contributed by atoms with Crippen LogP contribution in [-0.4, -0.2) is 11.0 Å². The van der Waals surface area contributed by atoms with Crippen LogP contribution in [0.25, 0.3) is 11.1 Å². The van der Waals surface area contributed by atoms with Crippen molar-refractivity contribution in [3.8, 4) is 11.1 Å². The Balaban J connectivity index is 1.68. The Morgan fingerprint density at radius 3 is 2.33 bits per heavy atom. The number of pyridine rings is 1. The molecule has 4 heteroatoms. The lowest BCUT2D eigenvalue weighted by molar-refractivity contribution is 0.262. The summed E-state index contributed by atoms with van der Waals surface area (Å²) in [7, 11) is 0. The first-order chi connectivity index (χ1) is 11.6. The summed E-state index contributed by atoms with van der Waals surface area (Å²) in [5.41, 5.74) is 5.75. The molecular weight excluding hydrogens is 298 g/mol. The number of aromatic nitrogens is 1. The van der Waals surface area contributed by atoms with Crippen LogP contribution in [0.4, 0.5) is 16.2 Å². The van der Waals surface area contributed by atoms with Gasteiger partial charge in [0.25, 0.3) is 0 Å². The molecule has 1 heterocycles. The van der Waals surface area contributed by atoms with E-state index in [-0.39, 0.29) is 6.03 Å². The second-order valence-corrected chi connectivity index (χ2v) is 5.66. The van der Waals surface area contributed by atoms with E-state index < -0.39 is 0 Å². The number of carbonyl (C=O) groups is 1. The number of hydrogen-bond donors (Lipinski definition) is 2. The number of rotatable bonds is 3. The summed E-state index contributed by atoms with van der Waals surface area (Å²) in [6, 6.07) is 19.2. The quantitative estimate of drug-likeness (QED) is 0.713. The van der Waals surface area contributed by atoms with Crippen LogP contribution in [0.15, 0.2) is 66.9 Å². The van der Waals surface area contributed by atoms with Gasteiger partial charge < -0.3 is 10.6 Å². The Morgan fingerprint density at radius 1 is 0.875 bits per heavy atom.